The molecule has 4 fully saturated rings. The third-order valence-electron chi connectivity index (χ3n) is 4.39. The van der Waals surface area contributed by atoms with Crippen LogP contribution >= 0.6 is 7.82 Å². The fraction of sp³-hybridized carbons (Fsp3) is 0.900. The highest BCUT2D eigenvalue weighted by molar-refractivity contribution is 7.47. The fourth-order valence-corrected chi connectivity index (χ4v) is 4.32. The number of carbonyl (C=O) groups is 1. The number of fused-ring (bicyclic) bond motifs is 2. The number of nitrogens with two attached hydrogens (primary N) is 1. The summed E-state index contributed by atoms with van der Waals surface area (Å²) in [4.78, 5) is 23.0. The molecule has 0 aromatic carbocycles. The predicted octanol–water partition coefficient (Wildman–Crippen LogP) is -3.89. The minimum absolute atomic E-state index is 0.158. The van der Waals surface area contributed by atoms with Crippen molar-refractivity contribution >= 4 is 13.7 Å². The van der Waals surface area contributed by atoms with E-state index in [2.05, 4.69) is 16.0 Å². The third kappa shape index (κ3) is 2.61. The molecule has 4 aliphatic heterocycles. The van der Waals surface area contributed by atoms with Gasteiger partial charge >= 0.3 is 7.82 Å². The number of nitrogens with zero attached hydrogens (tertiary/aromatic N) is 1. The van der Waals surface area contributed by atoms with Gasteiger partial charge < -0.3 is 20.1 Å². The van der Waals surface area contributed by atoms with Crippen molar-refractivity contribution in [1.29, 1.82) is 0 Å². The summed E-state index contributed by atoms with van der Waals surface area (Å²) >= 11 is 0. The van der Waals surface area contributed by atoms with Gasteiger partial charge in [0.2, 0.25) is 5.91 Å². The predicted molar refractivity (Wildman–Crippen MR) is 72.0 cm³/mol. The molecule has 0 aromatic rings. The Bertz CT molecular complexity index is 566. The largest absolute Gasteiger partial charge is 0.472 e. The van der Waals surface area contributed by atoms with E-state index >= 15 is 0 Å². The second-order valence-corrected chi connectivity index (χ2v) is 7.25. The van der Waals surface area contributed by atoms with Crippen LogP contribution in [-0.2, 0) is 23.1 Å². The maximum atomic E-state index is 11.9. The van der Waals surface area contributed by atoms with E-state index in [1.807, 2.05) is 0 Å². The summed E-state index contributed by atoms with van der Waals surface area (Å²) in [5.41, 5.74) is 5.71. The van der Waals surface area contributed by atoms with Gasteiger partial charge in [-0.3, -0.25) is 30.2 Å². The molecule has 8 atom stereocenters. The van der Waals surface area contributed by atoms with Gasteiger partial charge in [-0.05, 0) is 0 Å². The monoisotopic (exact) mass is 351 g/mol. The van der Waals surface area contributed by atoms with Crippen molar-refractivity contribution in [3.05, 3.63) is 0 Å². The number of hydrogen-bond donors (Lipinski definition) is 6. The average molecular weight is 351 g/mol. The minimum Gasteiger partial charge on any atom is -0.386 e. The molecule has 7 N–H and O–H groups in total. The number of hydrogen-bond acceptors (Lipinski definition) is 10. The lowest BCUT2D eigenvalue weighted by Gasteiger charge is -2.37. The van der Waals surface area contributed by atoms with Crippen LogP contribution in [0.4, 0.5) is 0 Å². The number of carbonyl (C=O) groups excluding carboxylic acids is 1. The van der Waals surface area contributed by atoms with E-state index in [9.17, 15) is 19.4 Å². The molecule has 0 aliphatic carbocycles. The maximum Gasteiger partial charge on any atom is 0.472 e. The van der Waals surface area contributed by atoms with Gasteiger partial charge in [-0.1, -0.05) is 0 Å². The standard InChI is InChI=1S/C10H18N5O7P/c11-10-13-7-4(8(17)14-10)12-2-15(7)9-5(16)6-3(21-9)1-20-23(18,19)22-6/h3-7,9-10,12-13,16H,1-2,11H2,(H,14,17)(H,18,19). The second-order valence-electron chi connectivity index (χ2n) is 5.84. The molecule has 0 saturated carbocycles. The van der Waals surface area contributed by atoms with E-state index in [-0.39, 0.29) is 19.2 Å². The van der Waals surface area contributed by atoms with Crippen LogP contribution in [-0.4, -0.2) is 77.1 Å². The van der Waals surface area contributed by atoms with E-state index in [0.717, 1.165) is 0 Å². The summed E-state index contributed by atoms with van der Waals surface area (Å²) in [5.74, 6) is -0.256. The van der Waals surface area contributed by atoms with Gasteiger partial charge in [0.1, 0.15) is 36.9 Å². The van der Waals surface area contributed by atoms with Gasteiger partial charge in [0.25, 0.3) is 0 Å². The Hall–Kier alpha value is -0.660. The Balaban J connectivity index is 1.53. The summed E-state index contributed by atoms with van der Waals surface area (Å²) in [5, 5.41) is 19.0. The highest BCUT2D eigenvalue weighted by Crippen LogP contribution is 2.51. The summed E-state index contributed by atoms with van der Waals surface area (Å²) in [6, 6.07) is -0.547. The summed E-state index contributed by atoms with van der Waals surface area (Å²) in [7, 11) is -4.17. The molecule has 0 radical (unpaired) electrons. The van der Waals surface area contributed by atoms with Crippen molar-refractivity contribution in [2.75, 3.05) is 13.3 Å². The first-order valence-electron chi connectivity index (χ1n) is 7.16. The summed E-state index contributed by atoms with van der Waals surface area (Å²) in [6.07, 6.45) is -4.86. The smallest absolute Gasteiger partial charge is 0.386 e. The van der Waals surface area contributed by atoms with Crippen LogP contribution in [0.2, 0.25) is 0 Å². The van der Waals surface area contributed by atoms with E-state index in [4.69, 9.17) is 19.5 Å². The minimum atomic E-state index is -4.17. The lowest BCUT2D eigenvalue weighted by Crippen LogP contribution is -2.71. The zero-order valence-corrected chi connectivity index (χ0v) is 12.8. The number of amides is 1. The SMILES string of the molecule is NC1NC(=O)C2NCN(C3OC4COP(=O)(O)OC4C3O)C2N1. The molecule has 1 amide bonds. The number of phosphoric acid groups is 1. The Morgan fingerprint density at radius 2 is 2.22 bits per heavy atom. The normalized spacial score (nSPS) is 53.7. The Morgan fingerprint density at radius 1 is 1.43 bits per heavy atom. The number of rotatable bonds is 1. The summed E-state index contributed by atoms with van der Waals surface area (Å²) in [6.45, 7) is 0.107. The van der Waals surface area contributed by atoms with E-state index in [1.54, 1.807) is 4.90 Å². The van der Waals surface area contributed by atoms with E-state index in [1.165, 1.54) is 0 Å². The van der Waals surface area contributed by atoms with Crippen LogP contribution in [0.5, 0.6) is 0 Å². The van der Waals surface area contributed by atoms with Crippen molar-refractivity contribution in [2.24, 2.45) is 5.73 Å². The maximum absolute atomic E-state index is 11.9. The number of aliphatic hydroxyl groups is 1. The van der Waals surface area contributed by atoms with Gasteiger partial charge in [-0.2, -0.15) is 0 Å². The van der Waals surface area contributed by atoms with Crippen molar-refractivity contribution in [2.45, 2.75) is 43.0 Å². The first kappa shape index (κ1) is 15.8. The lowest BCUT2D eigenvalue weighted by molar-refractivity contribution is -0.133. The van der Waals surface area contributed by atoms with Gasteiger partial charge in [0.05, 0.1) is 19.4 Å². The highest BCUT2D eigenvalue weighted by atomic mass is 31.2. The molecule has 4 aliphatic rings. The van der Waals surface area contributed by atoms with Crippen LogP contribution in [0.15, 0.2) is 0 Å². The molecule has 0 aromatic heterocycles. The van der Waals surface area contributed by atoms with Gasteiger partial charge in [0, 0.05) is 0 Å². The highest BCUT2D eigenvalue weighted by Gasteiger charge is 2.56. The Labute approximate surface area is 130 Å². The molecular weight excluding hydrogens is 333 g/mol. The molecule has 4 saturated heterocycles. The molecule has 23 heavy (non-hydrogen) atoms. The number of ether oxygens (including phenoxy) is 1. The molecule has 4 rings (SSSR count). The molecular formula is C10H18N5O7P. The van der Waals surface area contributed by atoms with Crippen LogP contribution in [0.25, 0.3) is 0 Å². The van der Waals surface area contributed by atoms with Crippen molar-refractivity contribution in [3.63, 3.8) is 0 Å². The Kier molecular flexibility index (Phi) is 3.74. The summed E-state index contributed by atoms with van der Waals surface area (Å²) < 4.78 is 26.8. The third-order valence-corrected chi connectivity index (χ3v) is 5.38. The molecule has 0 bridgehead atoms. The van der Waals surface area contributed by atoms with Crippen LogP contribution < -0.4 is 21.7 Å². The quantitative estimate of drug-likeness (QED) is 0.256. The van der Waals surface area contributed by atoms with Crippen molar-refractivity contribution in [3.8, 4) is 0 Å². The number of phosphoric ester groups is 1. The van der Waals surface area contributed by atoms with Crippen molar-refractivity contribution in [1.82, 2.24) is 20.9 Å². The van der Waals surface area contributed by atoms with Crippen LogP contribution in [0.1, 0.15) is 0 Å². The van der Waals surface area contributed by atoms with Gasteiger partial charge in [-0.15, -0.1) is 0 Å². The van der Waals surface area contributed by atoms with Crippen LogP contribution in [0.3, 0.4) is 0 Å². The molecule has 130 valence electrons. The first-order valence-corrected chi connectivity index (χ1v) is 8.66. The number of nitrogens with one attached hydrogen (secondary N) is 3. The van der Waals surface area contributed by atoms with Gasteiger partial charge in [0.15, 0.2) is 0 Å². The Morgan fingerprint density at radius 3 is 3.00 bits per heavy atom. The molecule has 13 heteroatoms. The van der Waals surface area contributed by atoms with Gasteiger partial charge in [-0.25, -0.2) is 9.46 Å². The van der Waals surface area contributed by atoms with Crippen molar-refractivity contribution < 1.29 is 33.1 Å². The number of aliphatic hydroxyl groups excluding tert-OH is 1. The molecule has 4 heterocycles. The van der Waals surface area contributed by atoms with E-state index < -0.39 is 50.9 Å². The molecule has 8 unspecified atom stereocenters. The van der Waals surface area contributed by atoms with Crippen LogP contribution in [0, 0.1) is 0 Å². The second kappa shape index (κ2) is 5.43. The van der Waals surface area contributed by atoms with E-state index in [0.29, 0.717) is 0 Å². The lowest BCUT2D eigenvalue weighted by atomic mass is 10.1. The zero-order chi connectivity index (χ0) is 16.4. The average Bonchev–Trinajstić information content (AvgIpc) is 3.00. The first-order chi connectivity index (χ1) is 10.9. The molecule has 12 nitrogen and oxygen atoms in total. The topological polar surface area (TPSA) is 168 Å². The molecule has 0 spiro atoms. The zero-order valence-electron chi connectivity index (χ0n) is 11.9. The fourth-order valence-electron chi connectivity index (χ4n) is 3.36.